The lowest BCUT2D eigenvalue weighted by atomic mass is 10.1. The lowest BCUT2D eigenvalue weighted by Crippen LogP contribution is -1.93. The summed E-state index contributed by atoms with van der Waals surface area (Å²) in [6.45, 7) is 5.73. The van der Waals surface area contributed by atoms with Crippen LogP contribution in [0.15, 0.2) is 18.8 Å². The van der Waals surface area contributed by atoms with Crippen molar-refractivity contribution in [1.29, 1.82) is 0 Å². The van der Waals surface area contributed by atoms with Crippen molar-refractivity contribution >= 4 is 11.9 Å². The average molecular weight is 148 g/mol. The molecule has 1 heterocycles. The molecule has 0 aliphatic carbocycles. The highest BCUT2D eigenvalue weighted by Crippen LogP contribution is 2.11. The molecule has 11 heavy (non-hydrogen) atoms. The topological polar surface area (TPSA) is 24.9 Å². The largest absolute Gasteiger partial charge is 0.373 e. The molecule has 1 rings (SSSR count). The van der Waals surface area contributed by atoms with Crippen LogP contribution in [0, 0.1) is 6.92 Å². The van der Waals surface area contributed by atoms with Crippen LogP contribution in [0.2, 0.25) is 0 Å². The lowest BCUT2D eigenvalue weighted by Gasteiger charge is -2.02. The van der Waals surface area contributed by atoms with E-state index in [1.54, 1.807) is 0 Å². The highest BCUT2D eigenvalue weighted by Gasteiger charge is 1.94. The highest BCUT2D eigenvalue weighted by atomic mass is 14.9. The number of nitrogens with one attached hydrogen (secondary N) is 1. The van der Waals surface area contributed by atoms with Gasteiger partial charge >= 0.3 is 0 Å². The molecule has 0 unspecified atom stereocenters. The molecule has 0 radical (unpaired) electrons. The molecule has 58 valence electrons. The Balaban J connectivity index is 3.09. The summed E-state index contributed by atoms with van der Waals surface area (Å²) in [5.74, 6) is 0.896. The van der Waals surface area contributed by atoms with Crippen LogP contribution in [0.5, 0.6) is 0 Å². The van der Waals surface area contributed by atoms with Gasteiger partial charge < -0.3 is 5.32 Å². The molecule has 1 aromatic rings. The van der Waals surface area contributed by atoms with E-state index in [4.69, 9.17) is 0 Å². The Morgan fingerprint density at radius 3 is 2.82 bits per heavy atom. The SMILES string of the molecule is C=Cc1cnc(NC)cc1C. The second kappa shape index (κ2) is 3.19. The molecule has 0 aliphatic heterocycles. The molecule has 0 fully saturated rings. The van der Waals surface area contributed by atoms with Gasteiger partial charge in [0.2, 0.25) is 0 Å². The van der Waals surface area contributed by atoms with Gasteiger partial charge in [0.25, 0.3) is 0 Å². The van der Waals surface area contributed by atoms with Gasteiger partial charge in [0.05, 0.1) is 0 Å². The Kier molecular flexibility index (Phi) is 2.26. The summed E-state index contributed by atoms with van der Waals surface area (Å²) >= 11 is 0. The Hall–Kier alpha value is -1.31. The van der Waals surface area contributed by atoms with Gasteiger partial charge in [0.1, 0.15) is 5.82 Å². The van der Waals surface area contributed by atoms with Crippen LogP contribution in [0.25, 0.3) is 6.08 Å². The first-order valence-electron chi connectivity index (χ1n) is 3.54. The summed E-state index contributed by atoms with van der Waals surface area (Å²) in [6.07, 6.45) is 3.62. The zero-order valence-electron chi connectivity index (χ0n) is 6.89. The summed E-state index contributed by atoms with van der Waals surface area (Å²) in [7, 11) is 1.86. The summed E-state index contributed by atoms with van der Waals surface area (Å²) in [4.78, 5) is 4.15. The Labute approximate surface area is 67.0 Å². The molecule has 0 atom stereocenters. The fraction of sp³-hybridized carbons (Fsp3) is 0.222. The monoisotopic (exact) mass is 148 g/mol. The second-order valence-corrected chi connectivity index (χ2v) is 2.38. The molecule has 0 spiro atoms. The Morgan fingerprint density at radius 2 is 2.36 bits per heavy atom. The minimum absolute atomic E-state index is 0.896. The predicted octanol–water partition coefficient (Wildman–Crippen LogP) is 2.07. The molecule has 2 nitrogen and oxygen atoms in total. The third kappa shape index (κ3) is 1.58. The second-order valence-electron chi connectivity index (χ2n) is 2.38. The normalized spacial score (nSPS) is 9.27. The van der Waals surface area contributed by atoms with Crippen LogP contribution < -0.4 is 5.32 Å². The van der Waals surface area contributed by atoms with Crippen LogP contribution in [0.1, 0.15) is 11.1 Å². The zero-order valence-corrected chi connectivity index (χ0v) is 6.89. The highest BCUT2D eigenvalue weighted by molar-refractivity contribution is 5.53. The first kappa shape index (κ1) is 7.79. The van der Waals surface area contributed by atoms with Crippen molar-refractivity contribution in [1.82, 2.24) is 4.98 Å². The summed E-state index contributed by atoms with van der Waals surface area (Å²) in [6, 6.07) is 2.00. The van der Waals surface area contributed by atoms with E-state index in [2.05, 4.69) is 16.9 Å². The van der Waals surface area contributed by atoms with E-state index in [1.807, 2.05) is 32.3 Å². The van der Waals surface area contributed by atoms with Crippen molar-refractivity contribution in [2.24, 2.45) is 0 Å². The third-order valence-corrected chi connectivity index (χ3v) is 1.63. The molecular formula is C9H12N2. The van der Waals surface area contributed by atoms with Gasteiger partial charge in [-0.15, -0.1) is 0 Å². The molecule has 0 aliphatic rings. The van der Waals surface area contributed by atoms with Crippen molar-refractivity contribution in [3.05, 3.63) is 30.0 Å². The number of rotatable bonds is 2. The van der Waals surface area contributed by atoms with Gasteiger partial charge in [-0.1, -0.05) is 12.7 Å². The molecule has 0 amide bonds. The van der Waals surface area contributed by atoms with Crippen LogP contribution in [-0.4, -0.2) is 12.0 Å². The smallest absolute Gasteiger partial charge is 0.125 e. The van der Waals surface area contributed by atoms with Gasteiger partial charge in [-0.2, -0.15) is 0 Å². The molecule has 1 N–H and O–H groups in total. The van der Waals surface area contributed by atoms with Crippen LogP contribution in [0.3, 0.4) is 0 Å². The van der Waals surface area contributed by atoms with Gasteiger partial charge in [-0.25, -0.2) is 4.98 Å². The van der Waals surface area contributed by atoms with E-state index < -0.39 is 0 Å². The number of aryl methyl sites for hydroxylation is 1. The summed E-state index contributed by atoms with van der Waals surface area (Å²) < 4.78 is 0. The fourth-order valence-electron chi connectivity index (χ4n) is 0.917. The Bertz CT molecular complexity index is 266. The quantitative estimate of drug-likeness (QED) is 0.694. The van der Waals surface area contributed by atoms with Gasteiger partial charge in [0, 0.05) is 13.2 Å². The maximum atomic E-state index is 4.15. The van der Waals surface area contributed by atoms with E-state index in [9.17, 15) is 0 Å². The van der Waals surface area contributed by atoms with E-state index in [0.29, 0.717) is 0 Å². The number of nitrogens with zero attached hydrogens (tertiary/aromatic N) is 1. The predicted molar refractivity (Wildman–Crippen MR) is 48.6 cm³/mol. The van der Waals surface area contributed by atoms with Crippen molar-refractivity contribution < 1.29 is 0 Å². The molecule has 0 aromatic carbocycles. The number of hydrogen-bond donors (Lipinski definition) is 1. The van der Waals surface area contributed by atoms with Crippen molar-refractivity contribution in [3.63, 3.8) is 0 Å². The molecular weight excluding hydrogens is 136 g/mol. The van der Waals surface area contributed by atoms with Crippen LogP contribution in [0.4, 0.5) is 5.82 Å². The molecule has 0 bridgehead atoms. The fourth-order valence-corrected chi connectivity index (χ4v) is 0.917. The van der Waals surface area contributed by atoms with Gasteiger partial charge in [-0.3, -0.25) is 0 Å². The van der Waals surface area contributed by atoms with Crippen molar-refractivity contribution in [2.45, 2.75) is 6.92 Å². The summed E-state index contributed by atoms with van der Waals surface area (Å²) in [5, 5.41) is 2.97. The minimum Gasteiger partial charge on any atom is -0.373 e. The number of pyridine rings is 1. The van der Waals surface area contributed by atoms with E-state index >= 15 is 0 Å². The molecule has 0 saturated carbocycles. The van der Waals surface area contributed by atoms with Crippen molar-refractivity contribution in [3.8, 4) is 0 Å². The zero-order chi connectivity index (χ0) is 8.27. The number of aromatic nitrogens is 1. The van der Waals surface area contributed by atoms with Gasteiger partial charge in [-0.05, 0) is 24.1 Å². The lowest BCUT2D eigenvalue weighted by molar-refractivity contribution is 1.24. The Morgan fingerprint density at radius 1 is 1.64 bits per heavy atom. The first-order chi connectivity index (χ1) is 5.27. The summed E-state index contributed by atoms with van der Waals surface area (Å²) in [5.41, 5.74) is 2.28. The average Bonchev–Trinajstić information content (AvgIpc) is 2.04. The maximum absolute atomic E-state index is 4.15. The van der Waals surface area contributed by atoms with E-state index in [1.165, 1.54) is 5.56 Å². The number of anilines is 1. The van der Waals surface area contributed by atoms with Crippen LogP contribution in [-0.2, 0) is 0 Å². The van der Waals surface area contributed by atoms with Crippen molar-refractivity contribution in [2.75, 3.05) is 12.4 Å². The minimum atomic E-state index is 0.896. The van der Waals surface area contributed by atoms with E-state index in [-0.39, 0.29) is 0 Å². The standard InChI is InChI=1S/C9H12N2/c1-4-8-6-11-9(10-3)5-7(8)2/h4-6H,1H2,2-3H3,(H,10,11). The van der Waals surface area contributed by atoms with E-state index in [0.717, 1.165) is 11.4 Å². The molecule has 2 heteroatoms. The maximum Gasteiger partial charge on any atom is 0.125 e. The number of hydrogen-bond acceptors (Lipinski definition) is 2. The first-order valence-corrected chi connectivity index (χ1v) is 3.54. The molecule has 1 aromatic heterocycles. The van der Waals surface area contributed by atoms with Crippen LogP contribution >= 0.6 is 0 Å². The molecule has 0 saturated heterocycles. The van der Waals surface area contributed by atoms with Gasteiger partial charge in [0.15, 0.2) is 0 Å². The third-order valence-electron chi connectivity index (χ3n) is 1.63.